The highest BCUT2D eigenvalue weighted by Gasteiger charge is 2.23. The van der Waals surface area contributed by atoms with E-state index in [0.29, 0.717) is 28.7 Å². The van der Waals surface area contributed by atoms with Crippen LogP contribution in [0.1, 0.15) is 35.9 Å². The smallest absolute Gasteiger partial charge is 0.216 e. The number of hydrogen-bond acceptors (Lipinski definition) is 6. The molecular formula is C21H22N4O3S. The summed E-state index contributed by atoms with van der Waals surface area (Å²) >= 11 is 5.30. The molecule has 1 aromatic heterocycles. The predicted octanol–water partition coefficient (Wildman–Crippen LogP) is 4.26. The lowest BCUT2D eigenvalue weighted by Crippen LogP contribution is -2.05. The van der Waals surface area contributed by atoms with E-state index in [2.05, 4.69) is 15.3 Å². The number of aromatic amines is 1. The van der Waals surface area contributed by atoms with Crippen LogP contribution in [0.3, 0.4) is 0 Å². The molecule has 150 valence electrons. The molecule has 2 aromatic carbocycles. The van der Waals surface area contributed by atoms with E-state index in [1.54, 1.807) is 18.0 Å². The number of H-pyrrole nitrogens is 1. The molecule has 0 amide bonds. The first kappa shape index (κ1) is 19.4. The first-order chi connectivity index (χ1) is 14.2. The van der Waals surface area contributed by atoms with E-state index in [4.69, 9.17) is 26.4 Å². The van der Waals surface area contributed by atoms with Crippen molar-refractivity contribution in [2.45, 2.75) is 25.6 Å². The number of methoxy groups -OCH3 is 1. The summed E-state index contributed by atoms with van der Waals surface area (Å²) in [5.41, 5.74) is 1.95. The van der Waals surface area contributed by atoms with E-state index in [9.17, 15) is 0 Å². The normalized spacial score (nSPS) is 16.4. The van der Waals surface area contributed by atoms with Crippen LogP contribution in [0.5, 0.6) is 11.5 Å². The topological polar surface area (TPSA) is 73.7 Å². The Balaban J connectivity index is 1.51. The number of hydrogen-bond donors (Lipinski definition) is 1. The van der Waals surface area contributed by atoms with Crippen LogP contribution in [0.15, 0.2) is 53.6 Å². The number of ether oxygens (including phenoxy) is 3. The molecule has 8 heteroatoms. The Labute approximate surface area is 173 Å². The predicted molar refractivity (Wildman–Crippen MR) is 112 cm³/mol. The molecule has 2 heterocycles. The second-order valence-corrected chi connectivity index (χ2v) is 7.02. The second kappa shape index (κ2) is 9.02. The summed E-state index contributed by atoms with van der Waals surface area (Å²) in [7, 11) is 1.62. The van der Waals surface area contributed by atoms with Crippen molar-refractivity contribution in [2.24, 2.45) is 5.10 Å². The maximum atomic E-state index is 5.90. The lowest BCUT2D eigenvalue weighted by atomic mass is 10.2. The fraction of sp³-hybridized carbons (Fsp3) is 0.286. The molecule has 1 aliphatic rings. The maximum Gasteiger partial charge on any atom is 0.216 e. The van der Waals surface area contributed by atoms with Gasteiger partial charge in [0.2, 0.25) is 4.77 Å². The molecule has 1 saturated heterocycles. The molecule has 1 fully saturated rings. The molecule has 1 N–H and O–H groups in total. The standard InChI is InChI=1S/C21H22N4O3S/c1-26-19-12-16(9-10-17(19)28-14-15-6-3-2-4-7-15)13-22-25-20(23-24-21(25)29)18-8-5-11-27-18/h2-4,6-7,9-10,12-13,18H,5,8,11,14H2,1H3,(H,24,29)/b22-13-. The van der Waals surface area contributed by atoms with Crippen LogP contribution in [0.25, 0.3) is 0 Å². The van der Waals surface area contributed by atoms with E-state index < -0.39 is 0 Å². The molecule has 0 aliphatic carbocycles. The van der Waals surface area contributed by atoms with Crippen molar-refractivity contribution in [1.82, 2.24) is 14.9 Å². The first-order valence-electron chi connectivity index (χ1n) is 9.42. The van der Waals surface area contributed by atoms with E-state index in [1.807, 2.05) is 48.5 Å². The Hall–Kier alpha value is -2.97. The quantitative estimate of drug-likeness (QED) is 0.465. The maximum absolute atomic E-state index is 5.90. The van der Waals surface area contributed by atoms with Crippen molar-refractivity contribution in [1.29, 1.82) is 0 Å². The summed E-state index contributed by atoms with van der Waals surface area (Å²) in [6.07, 6.45) is 3.56. The molecule has 4 rings (SSSR count). The summed E-state index contributed by atoms with van der Waals surface area (Å²) < 4.78 is 19.1. The Morgan fingerprint density at radius 1 is 1.28 bits per heavy atom. The number of benzene rings is 2. The van der Waals surface area contributed by atoms with Crippen LogP contribution in [0, 0.1) is 4.77 Å². The van der Waals surface area contributed by atoms with Gasteiger partial charge in [0, 0.05) is 6.61 Å². The number of nitrogens with zero attached hydrogens (tertiary/aromatic N) is 3. The van der Waals surface area contributed by atoms with Gasteiger partial charge in [-0.05, 0) is 54.4 Å². The zero-order valence-electron chi connectivity index (χ0n) is 16.1. The Morgan fingerprint density at radius 2 is 2.14 bits per heavy atom. The average molecular weight is 410 g/mol. The van der Waals surface area contributed by atoms with Gasteiger partial charge >= 0.3 is 0 Å². The first-order valence-corrected chi connectivity index (χ1v) is 9.83. The van der Waals surface area contributed by atoms with Gasteiger partial charge < -0.3 is 14.2 Å². The SMILES string of the molecule is COc1cc(/C=N\n2c(C3CCCO3)n[nH]c2=S)ccc1OCc1ccccc1. The van der Waals surface area contributed by atoms with Crippen molar-refractivity contribution < 1.29 is 14.2 Å². The van der Waals surface area contributed by atoms with Crippen molar-refractivity contribution in [3.05, 3.63) is 70.3 Å². The van der Waals surface area contributed by atoms with Crippen molar-refractivity contribution >= 4 is 18.4 Å². The van der Waals surface area contributed by atoms with Gasteiger partial charge in [-0.1, -0.05) is 30.3 Å². The summed E-state index contributed by atoms with van der Waals surface area (Å²) in [5.74, 6) is 2.01. The van der Waals surface area contributed by atoms with Gasteiger partial charge in [0.05, 0.1) is 13.3 Å². The Kier molecular flexibility index (Phi) is 6.02. The van der Waals surface area contributed by atoms with Gasteiger partial charge in [-0.3, -0.25) is 5.10 Å². The number of aromatic nitrogens is 3. The van der Waals surface area contributed by atoms with Gasteiger partial charge in [-0.2, -0.15) is 14.9 Å². The molecule has 1 aliphatic heterocycles. The monoisotopic (exact) mass is 410 g/mol. The van der Waals surface area contributed by atoms with Gasteiger partial charge in [0.1, 0.15) is 12.7 Å². The largest absolute Gasteiger partial charge is 0.493 e. The third-order valence-corrected chi connectivity index (χ3v) is 4.90. The minimum atomic E-state index is -0.0802. The number of nitrogens with one attached hydrogen (secondary N) is 1. The molecule has 3 aromatic rings. The summed E-state index contributed by atoms with van der Waals surface area (Å²) in [4.78, 5) is 0. The van der Waals surface area contributed by atoms with Gasteiger partial charge in [0.25, 0.3) is 0 Å². The third-order valence-electron chi connectivity index (χ3n) is 4.64. The van der Waals surface area contributed by atoms with E-state index in [-0.39, 0.29) is 6.10 Å². The van der Waals surface area contributed by atoms with Gasteiger partial charge in [0.15, 0.2) is 17.3 Å². The van der Waals surface area contributed by atoms with Crippen LogP contribution in [0.4, 0.5) is 0 Å². The molecule has 0 spiro atoms. The molecule has 0 saturated carbocycles. The lowest BCUT2D eigenvalue weighted by molar-refractivity contribution is 0.102. The molecule has 7 nitrogen and oxygen atoms in total. The van der Waals surface area contributed by atoms with Crippen LogP contribution in [-0.4, -0.2) is 34.8 Å². The fourth-order valence-corrected chi connectivity index (χ4v) is 3.33. The Morgan fingerprint density at radius 3 is 2.90 bits per heavy atom. The highest BCUT2D eigenvalue weighted by molar-refractivity contribution is 7.71. The molecule has 1 unspecified atom stereocenters. The average Bonchev–Trinajstić information content (AvgIpc) is 3.41. The third kappa shape index (κ3) is 4.55. The fourth-order valence-electron chi connectivity index (χ4n) is 3.15. The zero-order valence-corrected chi connectivity index (χ0v) is 16.9. The molecular weight excluding hydrogens is 388 g/mol. The highest BCUT2D eigenvalue weighted by Crippen LogP contribution is 2.29. The van der Waals surface area contributed by atoms with Crippen molar-refractivity contribution in [2.75, 3.05) is 13.7 Å². The van der Waals surface area contributed by atoms with Crippen LogP contribution in [-0.2, 0) is 11.3 Å². The van der Waals surface area contributed by atoms with Crippen LogP contribution in [0.2, 0.25) is 0 Å². The van der Waals surface area contributed by atoms with E-state index in [0.717, 1.165) is 30.6 Å². The summed E-state index contributed by atoms with van der Waals surface area (Å²) in [6.45, 7) is 1.20. The number of rotatable bonds is 7. The van der Waals surface area contributed by atoms with E-state index in [1.165, 1.54) is 0 Å². The van der Waals surface area contributed by atoms with E-state index >= 15 is 0 Å². The van der Waals surface area contributed by atoms with Crippen LogP contribution >= 0.6 is 12.2 Å². The highest BCUT2D eigenvalue weighted by atomic mass is 32.1. The minimum Gasteiger partial charge on any atom is -0.493 e. The zero-order chi connectivity index (χ0) is 20.1. The lowest BCUT2D eigenvalue weighted by Gasteiger charge is -2.11. The molecule has 29 heavy (non-hydrogen) atoms. The minimum absolute atomic E-state index is 0.0802. The van der Waals surface area contributed by atoms with Crippen molar-refractivity contribution in [3.8, 4) is 11.5 Å². The summed E-state index contributed by atoms with van der Waals surface area (Å²) in [6, 6.07) is 15.7. The van der Waals surface area contributed by atoms with Crippen molar-refractivity contribution in [3.63, 3.8) is 0 Å². The van der Waals surface area contributed by atoms with Crippen LogP contribution < -0.4 is 9.47 Å². The Bertz CT molecular complexity index is 1040. The molecule has 0 bridgehead atoms. The molecule has 1 atom stereocenters. The molecule has 0 radical (unpaired) electrons. The summed E-state index contributed by atoms with van der Waals surface area (Å²) in [5, 5.41) is 11.6. The van der Waals surface area contributed by atoms with Gasteiger partial charge in [-0.15, -0.1) is 0 Å². The van der Waals surface area contributed by atoms with Gasteiger partial charge in [-0.25, -0.2) is 0 Å². The second-order valence-electron chi connectivity index (χ2n) is 6.63.